The summed E-state index contributed by atoms with van der Waals surface area (Å²) in [5.74, 6) is 0.640. The largest absolute Gasteiger partial charge is 0.497 e. The van der Waals surface area contributed by atoms with Crippen LogP contribution in [0.3, 0.4) is 0 Å². The summed E-state index contributed by atoms with van der Waals surface area (Å²) in [7, 11) is 1.60. The number of rotatable bonds is 4. The highest BCUT2D eigenvalue weighted by Crippen LogP contribution is 2.19. The van der Waals surface area contributed by atoms with Gasteiger partial charge in [0.05, 0.1) is 13.0 Å². The maximum atomic E-state index is 12.4. The molecule has 23 heavy (non-hydrogen) atoms. The van der Waals surface area contributed by atoms with E-state index in [9.17, 15) is 9.59 Å². The van der Waals surface area contributed by atoms with Crippen molar-refractivity contribution in [1.82, 2.24) is 10.2 Å². The van der Waals surface area contributed by atoms with Gasteiger partial charge in [0.15, 0.2) is 0 Å². The Hall–Kier alpha value is -2.24. The van der Waals surface area contributed by atoms with Gasteiger partial charge in [0.1, 0.15) is 5.75 Å². The SMILES string of the molecule is COc1ccc(NC(=O)N2CCC[C@@H](C(=O)NC(C)C)C2)cc1. The van der Waals surface area contributed by atoms with Crippen molar-refractivity contribution in [3.8, 4) is 5.75 Å². The summed E-state index contributed by atoms with van der Waals surface area (Å²) in [6.45, 7) is 5.01. The molecule has 1 aromatic rings. The first-order chi connectivity index (χ1) is 11.0. The second kappa shape index (κ2) is 7.85. The molecule has 1 aromatic carbocycles. The van der Waals surface area contributed by atoms with E-state index >= 15 is 0 Å². The molecule has 3 amide bonds. The van der Waals surface area contributed by atoms with Crippen LogP contribution in [0.1, 0.15) is 26.7 Å². The van der Waals surface area contributed by atoms with E-state index in [1.165, 1.54) is 0 Å². The number of ether oxygens (including phenoxy) is 1. The lowest BCUT2D eigenvalue weighted by Gasteiger charge is -2.32. The number of hydrogen-bond donors (Lipinski definition) is 2. The fourth-order valence-corrected chi connectivity index (χ4v) is 2.65. The molecule has 1 atom stereocenters. The standard InChI is InChI=1S/C17H25N3O3/c1-12(2)18-16(21)13-5-4-10-20(11-13)17(22)19-14-6-8-15(23-3)9-7-14/h6-9,12-13H,4-5,10-11H2,1-3H3,(H,18,21)(H,19,22)/t13-/m1/s1. The molecule has 1 fully saturated rings. The first kappa shape index (κ1) is 17.1. The molecule has 0 spiro atoms. The Balaban J connectivity index is 1.92. The Morgan fingerprint density at radius 2 is 1.96 bits per heavy atom. The van der Waals surface area contributed by atoms with Crippen LogP contribution in [-0.4, -0.2) is 43.1 Å². The van der Waals surface area contributed by atoms with Crippen LogP contribution < -0.4 is 15.4 Å². The molecular formula is C17H25N3O3. The van der Waals surface area contributed by atoms with Crippen LogP contribution in [0.4, 0.5) is 10.5 Å². The van der Waals surface area contributed by atoms with Crippen molar-refractivity contribution in [3.05, 3.63) is 24.3 Å². The van der Waals surface area contributed by atoms with Gasteiger partial charge in [-0.25, -0.2) is 4.79 Å². The maximum absolute atomic E-state index is 12.4. The average Bonchev–Trinajstić information content (AvgIpc) is 2.55. The zero-order valence-electron chi connectivity index (χ0n) is 14.0. The molecule has 6 heteroatoms. The summed E-state index contributed by atoms with van der Waals surface area (Å²) in [6.07, 6.45) is 1.66. The number of benzene rings is 1. The van der Waals surface area contributed by atoms with Crippen molar-refractivity contribution >= 4 is 17.6 Å². The first-order valence-electron chi connectivity index (χ1n) is 8.00. The molecule has 0 unspecified atom stereocenters. The molecule has 2 N–H and O–H groups in total. The van der Waals surface area contributed by atoms with E-state index in [1.807, 2.05) is 13.8 Å². The van der Waals surface area contributed by atoms with Gasteiger partial charge < -0.3 is 20.3 Å². The second-order valence-corrected chi connectivity index (χ2v) is 6.11. The smallest absolute Gasteiger partial charge is 0.321 e. The lowest BCUT2D eigenvalue weighted by atomic mass is 9.97. The molecule has 1 aliphatic rings. The van der Waals surface area contributed by atoms with Gasteiger partial charge in [-0.05, 0) is 51.0 Å². The second-order valence-electron chi connectivity index (χ2n) is 6.11. The number of piperidine rings is 1. The number of nitrogens with one attached hydrogen (secondary N) is 2. The van der Waals surface area contributed by atoms with Crippen LogP contribution >= 0.6 is 0 Å². The number of carbonyl (C=O) groups is 2. The monoisotopic (exact) mass is 319 g/mol. The highest BCUT2D eigenvalue weighted by atomic mass is 16.5. The van der Waals surface area contributed by atoms with Gasteiger partial charge in [-0.1, -0.05) is 0 Å². The predicted octanol–water partition coefficient (Wildman–Crippen LogP) is 2.46. The lowest BCUT2D eigenvalue weighted by Crippen LogP contribution is -2.47. The van der Waals surface area contributed by atoms with Gasteiger partial charge in [-0.15, -0.1) is 0 Å². The normalized spacial score (nSPS) is 17.7. The minimum absolute atomic E-state index is 0.0296. The van der Waals surface area contributed by atoms with E-state index in [2.05, 4.69) is 10.6 Å². The summed E-state index contributed by atoms with van der Waals surface area (Å²) in [5, 5.41) is 5.79. The zero-order chi connectivity index (χ0) is 16.8. The van der Waals surface area contributed by atoms with Crippen LogP contribution in [0.5, 0.6) is 5.75 Å². The number of nitrogens with zero attached hydrogens (tertiary/aromatic N) is 1. The minimum Gasteiger partial charge on any atom is -0.497 e. The number of methoxy groups -OCH3 is 1. The molecular weight excluding hydrogens is 294 g/mol. The van der Waals surface area contributed by atoms with Gasteiger partial charge >= 0.3 is 6.03 Å². The topological polar surface area (TPSA) is 70.7 Å². The Kier molecular flexibility index (Phi) is 5.84. The van der Waals surface area contributed by atoms with Gasteiger partial charge in [0.2, 0.25) is 5.91 Å². The van der Waals surface area contributed by atoms with Crippen molar-refractivity contribution in [2.75, 3.05) is 25.5 Å². The van der Waals surface area contributed by atoms with Crippen LogP contribution in [0.2, 0.25) is 0 Å². The van der Waals surface area contributed by atoms with E-state index in [1.54, 1.807) is 36.3 Å². The molecule has 2 rings (SSSR count). The van der Waals surface area contributed by atoms with Gasteiger partial charge in [-0.2, -0.15) is 0 Å². The van der Waals surface area contributed by atoms with Crippen molar-refractivity contribution in [2.24, 2.45) is 5.92 Å². The summed E-state index contributed by atoms with van der Waals surface area (Å²) >= 11 is 0. The fourth-order valence-electron chi connectivity index (χ4n) is 2.65. The van der Waals surface area contributed by atoms with Crippen LogP contribution in [0, 0.1) is 5.92 Å². The van der Waals surface area contributed by atoms with Gasteiger partial charge in [0, 0.05) is 24.8 Å². The molecule has 0 aliphatic carbocycles. The molecule has 1 aliphatic heterocycles. The molecule has 0 radical (unpaired) electrons. The van der Waals surface area contributed by atoms with Gasteiger partial charge in [0.25, 0.3) is 0 Å². The Labute approximate surface area is 137 Å². The summed E-state index contributed by atoms with van der Waals surface area (Å²) in [6, 6.07) is 7.13. The van der Waals surface area contributed by atoms with Crippen molar-refractivity contribution in [1.29, 1.82) is 0 Å². The molecule has 6 nitrogen and oxygen atoms in total. The molecule has 1 saturated heterocycles. The zero-order valence-corrected chi connectivity index (χ0v) is 14.0. The molecule has 0 aromatic heterocycles. The third-order valence-electron chi connectivity index (χ3n) is 3.85. The summed E-state index contributed by atoms with van der Waals surface area (Å²) < 4.78 is 5.09. The first-order valence-corrected chi connectivity index (χ1v) is 8.00. The number of hydrogen-bond acceptors (Lipinski definition) is 3. The number of anilines is 1. The van der Waals surface area contributed by atoms with Crippen LogP contribution in [0.15, 0.2) is 24.3 Å². The quantitative estimate of drug-likeness (QED) is 0.895. The van der Waals surface area contributed by atoms with Crippen LogP contribution in [-0.2, 0) is 4.79 Å². The molecule has 0 saturated carbocycles. The summed E-state index contributed by atoms with van der Waals surface area (Å²) in [5.41, 5.74) is 0.713. The molecule has 1 heterocycles. The minimum atomic E-state index is -0.169. The highest BCUT2D eigenvalue weighted by molar-refractivity contribution is 5.90. The Bertz CT molecular complexity index is 543. The average molecular weight is 319 g/mol. The lowest BCUT2D eigenvalue weighted by molar-refractivity contribution is -0.126. The maximum Gasteiger partial charge on any atom is 0.321 e. The van der Waals surface area contributed by atoms with E-state index < -0.39 is 0 Å². The molecule has 126 valence electrons. The molecule has 0 bridgehead atoms. The Morgan fingerprint density at radius 1 is 1.26 bits per heavy atom. The summed E-state index contributed by atoms with van der Waals surface area (Å²) in [4.78, 5) is 26.2. The van der Waals surface area contributed by atoms with Crippen molar-refractivity contribution in [3.63, 3.8) is 0 Å². The van der Waals surface area contributed by atoms with E-state index in [0.29, 0.717) is 18.8 Å². The predicted molar refractivity (Wildman–Crippen MR) is 89.6 cm³/mol. The third kappa shape index (κ3) is 4.87. The van der Waals surface area contributed by atoms with E-state index in [-0.39, 0.29) is 23.9 Å². The number of urea groups is 1. The fraction of sp³-hybridized carbons (Fsp3) is 0.529. The number of carbonyl (C=O) groups excluding carboxylic acids is 2. The van der Waals surface area contributed by atoms with Crippen molar-refractivity contribution < 1.29 is 14.3 Å². The van der Waals surface area contributed by atoms with Crippen LogP contribution in [0.25, 0.3) is 0 Å². The number of amides is 3. The van der Waals surface area contributed by atoms with Gasteiger partial charge in [-0.3, -0.25) is 4.79 Å². The number of likely N-dealkylation sites (tertiary alicyclic amines) is 1. The Morgan fingerprint density at radius 3 is 2.57 bits per heavy atom. The highest BCUT2D eigenvalue weighted by Gasteiger charge is 2.28. The third-order valence-corrected chi connectivity index (χ3v) is 3.85. The van der Waals surface area contributed by atoms with E-state index in [0.717, 1.165) is 18.6 Å². The van der Waals surface area contributed by atoms with Crippen molar-refractivity contribution in [2.45, 2.75) is 32.7 Å². The van der Waals surface area contributed by atoms with E-state index in [4.69, 9.17) is 4.74 Å².